The minimum absolute atomic E-state index is 0.400. The van der Waals surface area contributed by atoms with E-state index in [1.165, 1.54) is 44.3 Å². The Morgan fingerprint density at radius 3 is 2.37 bits per heavy atom. The third-order valence-corrected chi connectivity index (χ3v) is 6.14. The predicted molar refractivity (Wildman–Crippen MR) is 71.6 cm³/mol. The van der Waals surface area contributed by atoms with Crippen LogP contribution < -0.4 is 5.32 Å². The first kappa shape index (κ1) is 10.8. The normalized spacial score (nSPS) is 43.5. The highest BCUT2D eigenvalue weighted by molar-refractivity contribution is 5.19. The quantitative estimate of drug-likeness (QED) is 0.836. The van der Waals surface area contributed by atoms with Crippen LogP contribution >= 0.6 is 0 Å². The van der Waals surface area contributed by atoms with Crippen molar-refractivity contribution in [2.24, 2.45) is 17.8 Å². The van der Waals surface area contributed by atoms with Crippen molar-refractivity contribution >= 4 is 0 Å². The van der Waals surface area contributed by atoms with Crippen LogP contribution in [0.25, 0.3) is 0 Å². The lowest BCUT2D eigenvalue weighted by atomic mass is 9.49. The number of aromatic nitrogens is 3. The van der Waals surface area contributed by atoms with Crippen LogP contribution in [0.1, 0.15) is 50.2 Å². The molecule has 0 saturated heterocycles. The van der Waals surface area contributed by atoms with Crippen molar-refractivity contribution in [3.63, 3.8) is 0 Å². The minimum Gasteiger partial charge on any atom is -0.312 e. The monoisotopic (exact) mass is 258 g/mol. The second kappa shape index (κ2) is 3.60. The molecule has 19 heavy (non-hydrogen) atoms. The second-order valence-corrected chi connectivity index (χ2v) is 7.47. The van der Waals surface area contributed by atoms with Gasteiger partial charge in [-0.1, -0.05) is 0 Å². The van der Waals surface area contributed by atoms with E-state index in [1.54, 1.807) is 0 Å². The van der Waals surface area contributed by atoms with Crippen LogP contribution in [-0.4, -0.2) is 21.3 Å². The first-order chi connectivity index (χ1) is 9.32. The number of rotatable bonds is 1. The zero-order valence-corrected chi connectivity index (χ0v) is 11.4. The van der Waals surface area contributed by atoms with Crippen molar-refractivity contribution in [2.45, 2.75) is 57.0 Å². The van der Waals surface area contributed by atoms with Gasteiger partial charge in [-0.25, -0.2) is 0 Å². The fourth-order valence-corrected chi connectivity index (χ4v) is 5.87. The molecule has 1 N–H and O–H groups in total. The van der Waals surface area contributed by atoms with Gasteiger partial charge in [0.25, 0.3) is 0 Å². The van der Waals surface area contributed by atoms with Gasteiger partial charge in [-0.05, 0) is 56.3 Å². The van der Waals surface area contributed by atoms with Crippen LogP contribution in [0.3, 0.4) is 0 Å². The van der Waals surface area contributed by atoms with Gasteiger partial charge in [0, 0.05) is 18.5 Å². The maximum absolute atomic E-state index is 4.66. The number of nitrogens with zero attached hydrogens (tertiary/aromatic N) is 3. The smallest absolute Gasteiger partial charge is 0.147 e. The molecule has 1 aromatic heterocycles. The zero-order chi connectivity index (χ0) is 12.4. The molecule has 0 unspecified atom stereocenters. The molecule has 102 valence electrons. The molecular weight excluding hydrogens is 236 g/mol. The van der Waals surface area contributed by atoms with Gasteiger partial charge in [0.15, 0.2) is 0 Å². The molecule has 0 radical (unpaired) electrons. The highest BCUT2D eigenvalue weighted by Gasteiger charge is 2.53. The molecule has 4 saturated carbocycles. The van der Waals surface area contributed by atoms with Crippen LogP contribution in [0, 0.1) is 17.8 Å². The van der Waals surface area contributed by atoms with Crippen molar-refractivity contribution in [3.8, 4) is 0 Å². The predicted octanol–water partition coefficient (Wildman–Crippen LogP) is 1.85. The lowest BCUT2D eigenvalue weighted by Crippen LogP contribution is -2.50. The number of hydrogen-bond donors (Lipinski definition) is 1. The fourth-order valence-electron chi connectivity index (χ4n) is 5.87. The van der Waals surface area contributed by atoms with Crippen LogP contribution in [0.4, 0.5) is 0 Å². The Balaban J connectivity index is 1.60. The van der Waals surface area contributed by atoms with E-state index in [9.17, 15) is 0 Å². The van der Waals surface area contributed by atoms with Gasteiger partial charge in [-0.15, -0.1) is 10.2 Å². The van der Waals surface area contributed by atoms with Crippen molar-refractivity contribution in [3.05, 3.63) is 11.6 Å². The average molecular weight is 258 g/mol. The lowest BCUT2D eigenvalue weighted by Gasteiger charge is -2.56. The van der Waals surface area contributed by atoms with Gasteiger partial charge in [0.1, 0.15) is 11.6 Å². The van der Waals surface area contributed by atoms with Gasteiger partial charge in [-0.2, -0.15) is 0 Å². The van der Waals surface area contributed by atoms with Crippen LogP contribution in [0.2, 0.25) is 0 Å². The molecule has 5 aliphatic rings. The molecule has 0 aromatic carbocycles. The molecule has 0 atom stereocenters. The summed E-state index contributed by atoms with van der Waals surface area (Å²) < 4.78 is 2.45. The third kappa shape index (κ3) is 1.44. The molecule has 4 heteroatoms. The van der Waals surface area contributed by atoms with E-state index in [4.69, 9.17) is 0 Å². The summed E-state index contributed by atoms with van der Waals surface area (Å²) in [6.45, 7) is 3.04. The van der Waals surface area contributed by atoms with Gasteiger partial charge < -0.3 is 9.88 Å². The average Bonchev–Trinajstić information content (AvgIpc) is 2.81. The topological polar surface area (TPSA) is 42.7 Å². The first-order valence-electron chi connectivity index (χ1n) is 7.96. The Morgan fingerprint density at radius 1 is 1.00 bits per heavy atom. The Hall–Kier alpha value is -0.900. The van der Waals surface area contributed by atoms with Crippen LogP contribution in [0.5, 0.6) is 0 Å². The van der Waals surface area contributed by atoms with Crippen molar-refractivity contribution < 1.29 is 0 Å². The van der Waals surface area contributed by atoms with Gasteiger partial charge in [-0.3, -0.25) is 0 Å². The molecule has 4 nitrogen and oxygen atoms in total. The highest BCUT2D eigenvalue weighted by atomic mass is 15.3. The summed E-state index contributed by atoms with van der Waals surface area (Å²) in [7, 11) is 0. The molecule has 2 heterocycles. The number of nitrogens with one attached hydrogen (secondary N) is 1. The molecule has 0 amide bonds. The summed E-state index contributed by atoms with van der Waals surface area (Å²) in [5.74, 6) is 5.47. The molecule has 1 aliphatic heterocycles. The number of hydrogen-bond acceptors (Lipinski definition) is 3. The van der Waals surface area contributed by atoms with E-state index in [-0.39, 0.29) is 0 Å². The van der Waals surface area contributed by atoms with Gasteiger partial charge in [0.05, 0.1) is 6.54 Å². The SMILES string of the molecule is C1Cn2c(nnc2C23CC4CC(CC(C4)C2)C3)CN1. The van der Waals surface area contributed by atoms with E-state index in [0.717, 1.165) is 43.2 Å². The summed E-state index contributed by atoms with van der Waals surface area (Å²) in [5.41, 5.74) is 0.400. The maximum Gasteiger partial charge on any atom is 0.147 e. The molecule has 4 fully saturated rings. The van der Waals surface area contributed by atoms with Gasteiger partial charge >= 0.3 is 0 Å². The molecule has 4 aliphatic carbocycles. The van der Waals surface area contributed by atoms with Crippen molar-refractivity contribution in [1.29, 1.82) is 0 Å². The molecule has 4 bridgehead atoms. The Morgan fingerprint density at radius 2 is 1.68 bits per heavy atom. The summed E-state index contributed by atoms with van der Waals surface area (Å²) in [6, 6.07) is 0. The molecule has 1 aromatic rings. The molecule has 0 spiro atoms. The largest absolute Gasteiger partial charge is 0.312 e. The Labute approximate surface area is 114 Å². The van der Waals surface area contributed by atoms with E-state index >= 15 is 0 Å². The second-order valence-electron chi connectivity index (χ2n) is 7.47. The summed E-state index contributed by atoms with van der Waals surface area (Å²) in [6.07, 6.45) is 8.69. The Bertz CT molecular complexity index is 483. The zero-order valence-electron chi connectivity index (χ0n) is 11.4. The lowest BCUT2D eigenvalue weighted by molar-refractivity contribution is -0.0113. The van der Waals surface area contributed by atoms with Crippen molar-refractivity contribution in [1.82, 2.24) is 20.1 Å². The van der Waals surface area contributed by atoms with Crippen LogP contribution in [0.15, 0.2) is 0 Å². The minimum atomic E-state index is 0.400. The van der Waals surface area contributed by atoms with Crippen LogP contribution in [-0.2, 0) is 18.5 Å². The summed E-state index contributed by atoms with van der Waals surface area (Å²) in [5, 5.41) is 12.5. The number of fused-ring (bicyclic) bond motifs is 1. The highest BCUT2D eigenvalue weighted by Crippen LogP contribution is 2.60. The van der Waals surface area contributed by atoms with Crippen molar-refractivity contribution in [2.75, 3.05) is 6.54 Å². The standard InChI is InChI=1S/C15H22N4/c1-2-19-13(9-16-1)17-18-14(19)15-6-10-3-11(7-15)5-12(4-10)8-15/h10-12,16H,1-9H2. The summed E-state index contributed by atoms with van der Waals surface area (Å²) in [4.78, 5) is 0. The molecule has 6 rings (SSSR count). The van der Waals surface area contributed by atoms with E-state index in [2.05, 4.69) is 20.1 Å². The van der Waals surface area contributed by atoms with E-state index < -0.39 is 0 Å². The Kier molecular flexibility index (Phi) is 2.05. The third-order valence-electron chi connectivity index (χ3n) is 6.14. The maximum atomic E-state index is 4.66. The first-order valence-corrected chi connectivity index (χ1v) is 7.96. The fraction of sp³-hybridized carbons (Fsp3) is 0.867. The van der Waals surface area contributed by atoms with Gasteiger partial charge in [0.2, 0.25) is 0 Å². The van der Waals surface area contributed by atoms with E-state index in [1.807, 2.05) is 0 Å². The summed E-state index contributed by atoms with van der Waals surface area (Å²) >= 11 is 0. The molecular formula is C15H22N4. The van der Waals surface area contributed by atoms with E-state index in [0.29, 0.717) is 5.41 Å².